The Morgan fingerprint density at radius 1 is 1.21 bits per heavy atom. The Balaban J connectivity index is 1.63. The first-order valence-corrected chi connectivity index (χ1v) is 8.68. The van der Waals surface area contributed by atoms with Crippen LogP contribution in [0.1, 0.15) is 24.9 Å². The molecule has 3 atom stereocenters. The fourth-order valence-corrected chi connectivity index (χ4v) is 4.01. The van der Waals surface area contributed by atoms with Crippen LogP contribution in [0, 0.1) is 5.92 Å². The van der Waals surface area contributed by atoms with Crippen molar-refractivity contribution in [3.63, 3.8) is 0 Å². The van der Waals surface area contributed by atoms with Crippen molar-refractivity contribution >= 4 is 16.9 Å². The van der Waals surface area contributed by atoms with Gasteiger partial charge in [-0.2, -0.15) is 0 Å². The Kier molecular flexibility index (Phi) is 4.12. The molecule has 2 aromatic carbocycles. The summed E-state index contributed by atoms with van der Waals surface area (Å²) < 4.78 is 5.19. The summed E-state index contributed by atoms with van der Waals surface area (Å²) in [5, 5.41) is 2.52. The molecule has 126 valence electrons. The molecule has 0 spiro atoms. The van der Waals surface area contributed by atoms with E-state index in [9.17, 15) is 4.79 Å². The van der Waals surface area contributed by atoms with E-state index in [0.717, 1.165) is 19.5 Å². The summed E-state index contributed by atoms with van der Waals surface area (Å²) in [5.74, 6) is 0.342. The third-order valence-electron chi connectivity index (χ3n) is 5.19. The number of hydrazine groups is 1. The molecule has 24 heavy (non-hydrogen) atoms. The lowest BCUT2D eigenvalue weighted by Gasteiger charge is -2.35. The van der Waals surface area contributed by atoms with E-state index >= 15 is 0 Å². The molecule has 2 fully saturated rings. The van der Waals surface area contributed by atoms with E-state index in [1.165, 1.54) is 16.3 Å². The minimum absolute atomic E-state index is 0.193. The summed E-state index contributed by atoms with van der Waals surface area (Å²) in [4.78, 5) is 13.9. The fraction of sp³-hybridized carbons (Fsp3) is 0.421. The van der Waals surface area contributed by atoms with Crippen molar-refractivity contribution in [3.05, 3.63) is 48.0 Å². The van der Waals surface area contributed by atoms with Crippen LogP contribution >= 0.6 is 0 Å². The van der Waals surface area contributed by atoms with Crippen LogP contribution in [-0.2, 0) is 4.74 Å². The van der Waals surface area contributed by atoms with Crippen LogP contribution in [0.15, 0.2) is 42.5 Å². The van der Waals surface area contributed by atoms with E-state index < -0.39 is 0 Å². The number of nitrogens with zero attached hydrogens (tertiary/aromatic N) is 1. The highest BCUT2D eigenvalue weighted by molar-refractivity contribution is 5.86. The molecular weight excluding hydrogens is 302 g/mol. The van der Waals surface area contributed by atoms with Crippen molar-refractivity contribution in [1.82, 2.24) is 15.8 Å². The van der Waals surface area contributed by atoms with Gasteiger partial charge in [0.1, 0.15) is 0 Å². The summed E-state index contributed by atoms with van der Waals surface area (Å²) in [6, 6.07) is 15.5. The lowest BCUT2D eigenvalue weighted by Crippen LogP contribution is -2.48. The molecule has 5 heteroatoms. The Morgan fingerprint density at radius 2 is 2.04 bits per heavy atom. The number of ether oxygens (including phenoxy) is 1. The smallest absolute Gasteiger partial charge is 0.409 e. The number of nitrogens with one attached hydrogen (secondary N) is 2. The van der Waals surface area contributed by atoms with Crippen LogP contribution in [-0.4, -0.2) is 36.7 Å². The summed E-state index contributed by atoms with van der Waals surface area (Å²) in [6.07, 6.45) is 0.747. The van der Waals surface area contributed by atoms with Crippen molar-refractivity contribution in [3.8, 4) is 0 Å². The molecule has 2 aliphatic heterocycles. The van der Waals surface area contributed by atoms with Gasteiger partial charge in [0.15, 0.2) is 0 Å². The van der Waals surface area contributed by atoms with Gasteiger partial charge in [-0.05, 0) is 29.7 Å². The Morgan fingerprint density at radius 3 is 2.92 bits per heavy atom. The monoisotopic (exact) mass is 325 g/mol. The quantitative estimate of drug-likeness (QED) is 0.891. The number of hydrogen-bond donors (Lipinski definition) is 2. The van der Waals surface area contributed by atoms with Gasteiger partial charge in [0.2, 0.25) is 0 Å². The first kappa shape index (κ1) is 15.4. The van der Waals surface area contributed by atoms with Crippen molar-refractivity contribution < 1.29 is 9.53 Å². The van der Waals surface area contributed by atoms with Gasteiger partial charge in [-0.15, -0.1) is 0 Å². The molecule has 2 heterocycles. The van der Waals surface area contributed by atoms with Crippen LogP contribution in [0.2, 0.25) is 0 Å². The highest BCUT2D eigenvalue weighted by atomic mass is 16.6. The number of carbonyl (C=O) groups is 1. The van der Waals surface area contributed by atoms with Gasteiger partial charge in [0, 0.05) is 25.0 Å². The van der Waals surface area contributed by atoms with Gasteiger partial charge in [-0.1, -0.05) is 42.5 Å². The number of amides is 1. The molecule has 2 aliphatic rings. The Bertz CT molecular complexity index is 743. The number of piperidine rings is 1. The summed E-state index contributed by atoms with van der Waals surface area (Å²) in [6.45, 7) is 3.74. The molecule has 0 radical (unpaired) electrons. The van der Waals surface area contributed by atoms with Gasteiger partial charge in [0.05, 0.1) is 12.6 Å². The SMILES string of the molecule is CCOC(=O)N1CCC2NNC(c3cccc4ccccc34)C2C1. The molecular formula is C19H23N3O2. The summed E-state index contributed by atoms with van der Waals surface area (Å²) >= 11 is 0. The van der Waals surface area contributed by atoms with Gasteiger partial charge in [-0.3, -0.25) is 5.43 Å². The van der Waals surface area contributed by atoms with Gasteiger partial charge in [0.25, 0.3) is 0 Å². The van der Waals surface area contributed by atoms with Crippen molar-refractivity contribution in [2.24, 2.45) is 5.92 Å². The van der Waals surface area contributed by atoms with E-state index in [2.05, 4.69) is 53.3 Å². The largest absolute Gasteiger partial charge is 0.450 e. The fourth-order valence-electron chi connectivity index (χ4n) is 4.01. The summed E-state index contributed by atoms with van der Waals surface area (Å²) in [5.41, 5.74) is 8.19. The predicted octanol–water partition coefficient (Wildman–Crippen LogP) is 2.84. The minimum Gasteiger partial charge on any atom is -0.450 e. The zero-order chi connectivity index (χ0) is 16.5. The Labute approximate surface area is 141 Å². The normalized spacial score (nSPS) is 26.4. The van der Waals surface area contributed by atoms with E-state index in [0.29, 0.717) is 18.6 Å². The number of fused-ring (bicyclic) bond motifs is 2. The average Bonchev–Trinajstić information content (AvgIpc) is 3.04. The van der Waals surface area contributed by atoms with E-state index in [1.807, 2.05) is 11.8 Å². The number of benzene rings is 2. The van der Waals surface area contributed by atoms with E-state index in [-0.39, 0.29) is 12.1 Å². The minimum atomic E-state index is -0.195. The number of likely N-dealkylation sites (tertiary alicyclic amines) is 1. The number of rotatable bonds is 2. The zero-order valence-corrected chi connectivity index (χ0v) is 13.9. The maximum Gasteiger partial charge on any atom is 0.409 e. The molecule has 2 saturated heterocycles. The predicted molar refractivity (Wildman–Crippen MR) is 93.5 cm³/mol. The van der Waals surface area contributed by atoms with Crippen LogP contribution in [0.25, 0.3) is 10.8 Å². The second kappa shape index (κ2) is 6.42. The van der Waals surface area contributed by atoms with Crippen molar-refractivity contribution in [2.75, 3.05) is 19.7 Å². The maximum atomic E-state index is 12.1. The first-order chi connectivity index (χ1) is 11.8. The van der Waals surface area contributed by atoms with Crippen LogP contribution in [0.3, 0.4) is 0 Å². The van der Waals surface area contributed by atoms with Gasteiger partial charge in [-0.25, -0.2) is 10.2 Å². The van der Waals surface area contributed by atoms with Crippen LogP contribution in [0.4, 0.5) is 4.79 Å². The third kappa shape index (κ3) is 2.64. The maximum absolute atomic E-state index is 12.1. The lowest BCUT2D eigenvalue weighted by atomic mass is 9.83. The van der Waals surface area contributed by atoms with Crippen LogP contribution < -0.4 is 10.9 Å². The molecule has 1 amide bonds. The second-order valence-corrected chi connectivity index (χ2v) is 6.54. The average molecular weight is 325 g/mol. The standard InChI is InChI=1S/C19H23N3O2/c1-2-24-19(23)22-11-10-17-16(12-22)18(21-20-17)15-9-5-7-13-6-3-4-8-14(13)15/h3-9,16-18,20-21H,2,10-12H2,1H3. The lowest BCUT2D eigenvalue weighted by molar-refractivity contribution is 0.0837. The summed E-state index contributed by atoms with van der Waals surface area (Å²) in [7, 11) is 0. The highest BCUT2D eigenvalue weighted by Gasteiger charge is 2.42. The first-order valence-electron chi connectivity index (χ1n) is 8.68. The number of hydrogen-bond acceptors (Lipinski definition) is 4. The molecule has 3 unspecified atom stereocenters. The molecule has 2 aromatic rings. The zero-order valence-electron chi connectivity index (χ0n) is 13.9. The molecule has 4 rings (SSSR count). The second-order valence-electron chi connectivity index (χ2n) is 6.54. The van der Waals surface area contributed by atoms with Gasteiger partial charge < -0.3 is 9.64 Å². The topological polar surface area (TPSA) is 53.6 Å². The van der Waals surface area contributed by atoms with Gasteiger partial charge >= 0.3 is 6.09 Å². The highest BCUT2D eigenvalue weighted by Crippen LogP contribution is 2.36. The van der Waals surface area contributed by atoms with Crippen molar-refractivity contribution in [1.29, 1.82) is 0 Å². The molecule has 0 saturated carbocycles. The third-order valence-corrected chi connectivity index (χ3v) is 5.19. The van der Waals surface area contributed by atoms with E-state index in [1.54, 1.807) is 0 Å². The van der Waals surface area contributed by atoms with E-state index in [4.69, 9.17) is 4.74 Å². The molecule has 0 aliphatic carbocycles. The number of carbonyl (C=O) groups excluding carboxylic acids is 1. The molecule has 0 aromatic heterocycles. The molecule has 5 nitrogen and oxygen atoms in total. The molecule has 0 bridgehead atoms. The molecule has 2 N–H and O–H groups in total. The van der Waals surface area contributed by atoms with Crippen LogP contribution in [0.5, 0.6) is 0 Å². The van der Waals surface area contributed by atoms with Crippen molar-refractivity contribution in [2.45, 2.75) is 25.4 Å². The Hall–Kier alpha value is -2.11.